The molecule has 4 aromatic rings. The van der Waals surface area contributed by atoms with Crippen LogP contribution in [0.1, 0.15) is 31.5 Å². The van der Waals surface area contributed by atoms with Crippen LogP contribution in [0.4, 0.5) is 19.0 Å². The van der Waals surface area contributed by atoms with Gasteiger partial charge < -0.3 is 20.2 Å². The lowest BCUT2D eigenvalue weighted by atomic mass is 9.83. The van der Waals surface area contributed by atoms with Crippen molar-refractivity contribution in [2.45, 2.75) is 32.5 Å². The van der Waals surface area contributed by atoms with Gasteiger partial charge in [-0.25, -0.2) is 9.97 Å². The van der Waals surface area contributed by atoms with Crippen LogP contribution in [0, 0.1) is 16.7 Å². The number of alkyl halides is 3. The Morgan fingerprint density at radius 2 is 2.05 bits per heavy atom. The lowest BCUT2D eigenvalue weighted by molar-refractivity contribution is -0.141. The molecule has 1 aromatic carbocycles. The predicted molar refractivity (Wildman–Crippen MR) is 138 cm³/mol. The lowest BCUT2D eigenvalue weighted by Crippen LogP contribution is -2.47. The molecule has 194 valence electrons. The van der Waals surface area contributed by atoms with E-state index >= 15 is 0 Å². The van der Waals surface area contributed by atoms with Crippen LogP contribution in [0.2, 0.25) is 0 Å². The molecule has 3 N–H and O–H groups in total. The molecule has 1 atom stereocenters. The van der Waals surface area contributed by atoms with E-state index in [1.165, 1.54) is 38.0 Å². The van der Waals surface area contributed by atoms with Gasteiger partial charge in [-0.1, -0.05) is 19.9 Å². The van der Waals surface area contributed by atoms with E-state index < -0.39 is 19.0 Å². The number of benzene rings is 1. The maximum atomic E-state index is 14.5. The molecule has 5 rings (SSSR count). The molecule has 8 nitrogen and oxygen atoms in total. The fourth-order valence-electron chi connectivity index (χ4n) is 5.26. The second-order valence-electron chi connectivity index (χ2n) is 10.7. The summed E-state index contributed by atoms with van der Waals surface area (Å²) in [6, 6.07) is 5.05. The van der Waals surface area contributed by atoms with Crippen LogP contribution in [0.3, 0.4) is 0 Å². The van der Waals surface area contributed by atoms with Crippen LogP contribution < -0.4 is 15.9 Å². The van der Waals surface area contributed by atoms with Crippen molar-refractivity contribution in [1.82, 2.24) is 24.7 Å². The number of halogens is 3. The third kappa shape index (κ3) is 4.49. The largest absolute Gasteiger partial charge is 0.433 e. The van der Waals surface area contributed by atoms with Gasteiger partial charge >= 0.3 is 6.18 Å². The number of rotatable bonds is 4. The standard InChI is InChI=1S/C25H27F3N7OP/c1-24(2)9-15(11-30-13-24)33-22-23-31-7-8-35(23)21(25(26,27)28)19(34-22)17-12-32-18-16(17)6-5-14(10-29)20(18)37(3,4)36/h5-8,12,15,30,32H,9,11,13H2,1-4H3,(H,33,34)/t15-/m0/s1. The number of hydrogen-bond acceptors (Lipinski definition) is 6. The highest BCUT2D eigenvalue weighted by molar-refractivity contribution is 7.70. The van der Waals surface area contributed by atoms with E-state index in [2.05, 4.69) is 39.4 Å². The Morgan fingerprint density at radius 3 is 2.70 bits per heavy atom. The zero-order chi connectivity index (χ0) is 26.8. The van der Waals surface area contributed by atoms with E-state index in [1.807, 2.05) is 6.07 Å². The van der Waals surface area contributed by atoms with Crippen molar-refractivity contribution in [3.8, 4) is 17.3 Å². The molecule has 37 heavy (non-hydrogen) atoms. The van der Waals surface area contributed by atoms with Crippen molar-refractivity contribution in [2.24, 2.45) is 5.41 Å². The third-order valence-electron chi connectivity index (χ3n) is 6.69. The molecule has 0 amide bonds. The fraction of sp³-hybridized carbons (Fsp3) is 0.400. The van der Waals surface area contributed by atoms with Crippen molar-refractivity contribution >= 4 is 34.8 Å². The van der Waals surface area contributed by atoms with Crippen LogP contribution >= 0.6 is 7.14 Å². The zero-order valence-corrected chi connectivity index (χ0v) is 21.8. The summed E-state index contributed by atoms with van der Waals surface area (Å²) in [5, 5.41) is 17.0. The van der Waals surface area contributed by atoms with E-state index in [9.17, 15) is 23.0 Å². The number of aromatic nitrogens is 4. The van der Waals surface area contributed by atoms with Crippen LogP contribution in [-0.4, -0.2) is 51.8 Å². The second kappa shape index (κ2) is 8.61. The van der Waals surface area contributed by atoms with Gasteiger partial charge in [0.25, 0.3) is 0 Å². The molecule has 1 aliphatic rings. The summed E-state index contributed by atoms with van der Waals surface area (Å²) in [5.74, 6) is 0.248. The van der Waals surface area contributed by atoms with Crippen molar-refractivity contribution < 1.29 is 17.7 Å². The highest BCUT2D eigenvalue weighted by Crippen LogP contribution is 2.43. The summed E-state index contributed by atoms with van der Waals surface area (Å²) < 4.78 is 57.6. The van der Waals surface area contributed by atoms with Gasteiger partial charge in [0.15, 0.2) is 17.2 Å². The lowest BCUT2D eigenvalue weighted by Gasteiger charge is -2.36. The highest BCUT2D eigenvalue weighted by Gasteiger charge is 2.40. The Balaban J connectivity index is 1.76. The first-order valence-electron chi connectivity index (χ1n) is 11.8. The first-order valence-corrected chi connectivity index (χ1v) is 14.4. The zero-order valence-electron chi connectivity index (χ0n) is 20.9. The van der Waals surface area contributed by atoms with Crippen molar-refractivity contribution in [1.29, 1.82) is 5.26 Å². The average molecular weight is 530 g/mol. The number of anilines is 1. The molecular weight excluding hydrogens is 502 g/mol. The highest BCUT2D eigenvalue weighted by atomic mass is 31.2. The van der Waals surface area contributed by atoms with Crippen molar-refractivity contribution in [3.63, 3.8) is 0 Å². The number of piperidine rings is 1. The second-order valence-corrected chi connectivity index (χ2v) is 13.8. The summed E-state index contributed by atoms with van der Waals surface area (Å²) in [7, 11) is -2.95. The molecule has 0 bridgehead atoms. The van der Waals surface area contributed by atoms with Crippen LogP contribution in [0.25, 0.3) is 27.8 Å². The number of aromatic amines is 1. The molecule has 1 fully saturated rings. The molecule has 1 saturated heterocycles. The van der Waals surface area contributed by atoms with Crippen molar-refractivity contribution in [3.05, 3.63) is 42.0 Å². The Kier molecular flexibility index (Phi) is 5.89. The quantitative estimate of drug-likeness (QED) is 0.327. The number of fused-ring (bicyclic) bond motifs is 2. The first-order chi connectivity index (χ1) is 17.3. The predicted octanol–water partition coefficient (Wildman–Crippen LogP) is 4.82. The topological polar surface area (TPSA) is 111 Å². The van der Waals surface area contributed by atoms with E-state index in [0.717, 1.165) is 17.4 Å². The molecular formula is C25H27F3N7OP. The van der Waals surface area contributed by atoms with Gasteiger partial charge in [-0.2, -0.15) is 18.4 Å². The molecule has 3 aromatic heterocycles. The summed E-state index contributed by atoms with van der Waals surface area (Å²) in [4.78, 5) is 11.7. The minimum Gasteiger partial charge on any atom is -0.363 e. The number of nitriles is 1. The molecule has 12 heteroatoms. The molecule has 4 heterocycles. The monoisotopic (exact) mass is 529 g/mol. The molecule has 1 aliphatic heterocycles. The van der Waals surface area contributed by atoms with E-state index in [0.29, 0.717) is 22.8 Å². The van der Waals surface area contributed by atoms with Crippen LogP contribution in [0.5, 0.6) is 0 Å². The van der Waals surface area contributed by atoms with Gasteiger partial charge in [-0.05, 0) is 31.2 Å². The SMILES string of the molecule is CC1(C)CNC[C@@H](Nc2nc(-c3c[nH]c4c(P(C)(C)=O)c(C#N)ccc34)c(C(F)(F)F)n3ccnc23)C1. The number of imidazole rings is 1. The molecule has 0 radical (unpaired) electrons. The van der Waals surface area contributed by atoms with Gasteiger partial charge in [-0.15, -0.1) is 0 Å². The fourth-order valence-corrected chi connectivity index (χ4v) is 6.69. The summed E-state index contributed by atoms with van der Waals surface area (Å²) in [5.41, 5.74) is -0.367. The number of hydrogen-bond donors (Lipinski definition) is 3. The normalized spacial score (nSPS) is 18.3. The number of H-pyrrole nitrogens is 1. The minimum absolute atomic E-state index is 0.0102. The van der Waals surface area contributed by atoms with E-state index in [1.54, 1.807) is 6.07 Å². The van der Waals surface area contributed by atoms with Gasteiger partial charge in [0, 0.05) is 48.7 Å². The maximum absolute atomic E-state index is 14.5. The number of nitrogens with zero attached hydrogens (tertiary/aromatic N) is 4. The Labute approximate surface area is 211 Å². The summed E-state index contributed by atoms with van der Waals surface area (Å²) >= 11 is 0. The summed E-state index contributed by atoms with van der Waals surface area (Å²) in [6.07, 6.45) is 0.0953. The Morgan fingerprint density at radius 1 is 1.30 bits per heavy atom. The van der Waals surface area contributed by atoms with Gasteiger partial charge in [-0.3, -0.25) is 4.40 Å². The Bertz CT molecular complexity index is 1610. The van der Waals surface area contributed by atoms with Gasteiger partial charge in [0.1, 0.15) is 12.8 Å². The summed E-state index contributed by atoms with van der Waals surface area (Å²) in [6.45, 7) is 8.80. The molecule has 0 unspecified atom stereocenters. The van der Waals surface area contributed by atoms with Crippen LogP contribution in [-0.2, 0) is 10.7 Å². The van der Waals surface area contributed by atoms with Gasteiger partial charge in [0.05, 0.1) is 22.5 Å². The molecule has 0 saturated carbocycles. The Hall–Kier alpha value is -3.35. The molecule has 0 spiro atoms. The first kappa shape index (κ1) is 25.3. The third-order valence-corrected chi connectivity index (χ3v) is 8.23. The van der Waals surface area contributed by atoms with Gasteiger partial charge in [0.2, 0.25) is 0 Å². The average Bonchev–Trinajstić information content (AvgIpc) is 3.43. The maximum Gasteiger partial charge on any atom is 0.433 e. The van der Waals surface area contributed by atoms with E-state index in [-0.39, 0.29) is 39.7 Å². The van der Waals surface area contributed by atoms with Crippen LogP contribution in [0.15, 0.2) is 30.7 Å². The number of nitrogens with one attached hydrogen (secondary N) is 3. The minimum atomic E-state index is -4.74. The smallest absolute Gasteiger partial charge is 0.363 e. The molecule has 0 aliphatic carbocycles. The van der Waals surface area contributed by atoms with E-state index in [4.69, 9.17) is 0 Å². The van der Waals surface area contributed by atoms with Crippen molar-refractivity contribution in [2.75, 3.05) is 31.7 Å².